The van der Waals surface area contributed by atoms with Gasteiger partial charge in [0.05, 0.1) is 0 Å². The Morgan fingerprint density at radius 1 is 1.29 bits per heavy atom. The molecular weight excluding hydrogens is 212 g/mol. The van der Waals surface area contributed by atoms with Gasteiger partial charge in [-0.3, -0.25) is 4.79 Å². The number of carbonyl (C=O) groups is 1. The van der Waals surface area contributed by atoms with Gasteiger partial charge in [-0.1, -0.05) is 25.0 Å². The molecule has 1 aliphatic carbocycles. The van der Waals surface area contributed by atoms with Crippen molar-refractivity contribution in [3.05, 3.63) is 29.8 Å². The molecule has 0 bridgehead atoms. The van der Waals surface area contributed by atoms with Gasteiger partial charge in [-0.15, -0.1) is 0 Å². The lowest BCUT2D eigenvalue weighted by Gasteiger charge is -2.19. The highest BCUT2D eigenvalue weighted by atomic mass is 16.1. The Kier molecular flexibility index (Phi) is 3.79. The summed E-state index contributed by atoms with van der Waals surface area (Å²) in [7, 11) is 0. The molecule has 3 N–H and O–H groups in total. The third-order valence-electron chi connectivity index (χ3n) is 3.52. The number of anilines is 1. The predicted molar refractivity (Wildman–Crippen MR) is 69.6 cm³/mol. The van der Waals surface area contributed by atoms with E-state index in [9.17, 15) is 4.79 Å². The van der Waals surface area contributed by atoms with Crippen LogP contribution in [0.5, 0.6) is 0 Å². The van der Waals surface area contributed by atoms with Crippen molar-refractivity contribution in [1.82, 2.24) is 0 Å². The fourth-order valence-corrected chi connectivity index (χ4v) is 2.58. The van der Waals surface area contributed by atoms with E-state index in [-0.39, 0.29) is 11.9 Å². The van der Waals surface area contributed by atoms with Crippen LogP contribution in [0.3, 0.4) is 0 Å². The molecular formula is C14H20N2O. The highest BCUT2D eigenvalue weighted by Crippen LogP contribution is 2.34. The fraction of sp³-hybridized carbons (Fsp3) is 0.500. The molecule has 0 unspecified atom stereocenters. The number of hydrogen-bond donors (Lipinski definition) is 2. The van der Waals surface area contributed by atoms with Crippen molar-refractivity contribution in [2.75, 3.05) is 5.32 Å². The molecule has 3 heteroatoms. The third-order valence-corrected chi connectivity index (χ3v) is 3.52. The van der Waals surface area contributed by atoms with Crippen molar-refractivity contribution in [3.8, 4) is 0 Å². The van der Waals surface area contributed by atoms with Gasteiger partial charge in [-0.05, 0) is 36.5 Å². The van der Waals surface area contributed by atoms with Crippen LogP contribution in [-0.4, -0.2) is 5.91 Å². The monoisotopic (exact) mass is 232 g/mol. The van der Waals surface area contributed by atoms with Crippen molar-refractivity contribution in [3.63, 3.8) is 0 Å². The van der Waals surface area contributed by atoms with E-state index in [1.807, 2.05) is 24.3 Å². The lowest BCUT2D eigenvalue weighted by Crippen LogP contribution is -2.19. The van der Waals surface area contributed by atoms with Crippen molar-refractivity contribution in [1.29, 1.82) is 0 Å². The molecule has 0 aliphatic heterocycles. The van der Waals surface area contributed by atoms with Crippen LogP contribution in [0.2, 0.25) is 0 Å². The lowest BCUT2D eigenvalue weighted by molar-refractivity contribution is -0.114. The maximum atomic E-state index is 10.9. The summed E-state index contributed by atoms with van der Waals surface area (Å²) in [5.74, 6) is 0.583. The molecule has 1 aromatic rings. The molecule has 0 saturated heterocycles. The Morgan fingerprint density at radius 2 is 1.88 bits per heavy atom. The molecule has 1 saturated carbocycles. The first kappa shape index (κ1) is 12.1. The number of carbonyl (C=O) groups excluding carboxylic acids is 1. The van der Waals surface area contributed by atoms with E-state index in [2.05, 4.69) is 5.32 Å². The molecule has 0 aromatic heterocycles. The maximum absolute atomic E-state index is 10.9. The summed E-state index contributed by atoms with van der Waals surface area (Å²) >= 11 is 0. The van der Waals surface area contributed by atoms with Crippen LogP contribution >= 0.6 is 0 Å². The Balaban J connectivity index is 2.03. The number of rotatable bonds is 3. The highest BCUT2D eigenvalue weighted by Gasteiger charge is 2.22. The zero-order chi connectivity index (χ0) is 12.3. The van der Waals surface area contributed by atoms with Gasteiger partial charge < -0.3 is 11.1 Å². The van der Waals surface area contributed by atoms with Crippen LogP contribution < -0.4 is 11.1 Å². The van der Waals surface area contributed by atoms with Gasteiger partial charge >= 0.3 is 0 Å². The van der Waals surface area contributed by atoms with Crippen molar-refractivity contribution >= 4 is 11.6 Å². The van der Waals surface area contributed by atoms with Gasteiger partial charge in [0.25, 0.3) is 0 Å². The SMILES string of the molecule is CC(=O)Nc1ccc([C@@H](N)C2CCCC2)cc1. The fourth-order valence-electron chi connectivity index (χ4n) is 2.58. The number of nitrogens with two attached hydrogens (primary N) is 1. The summed E-state index contributed by atoms with van der Waals surface area (Å²) in [5, 5.41) is 2.76. The van der Waals surface area contributed by atoms with Crippen LogP contribution in [0.25, 0.3) is 0 Å². The van der Waals surface area contributed by atoms with Crippen molar-refractivity contribution < 1.29 is 4.79 Å². The van der Waals surface area contributed by atoms with Crippen molar-refractivity contribution in [2.24, 2.45) is 11.7 Å². The van der Waals surface area contributed by atoms with E-state index in [0.717, 1.165) is 5.69 Å². The minimum absolute atomic E-state index is 0.0437. The second-order valence-corrected chi connectivity index (χ2v) is 4.87. The average molecular weight is 232 g/mol. The highest BCUT2D eigenvalue weighted by molar-refractivity contribution is 5.88. The number of hydrogen-bond acceptors (Lipinski definition) is 2. The zero-order valence-corrected chi connectivity index (χ0v) is 10.3. The summed E-state index contributed by atoms with van der Waals surface area (Å²) in [4.78, 5) is 10.9. The Labute approximate surface area is 102 Å². The topological polar surface area (TPSA) is 55.1 Å². The molecule has 92 valence electrons. The van der Waals surface area contributed by atoms with Gasteiger partial charge in [-0.2, -0.15) is 0 Å². The molecule has 0 heterocycles. The van der Waals surface area contributed by atoms with Crippen molar-refractivity contribution in [2.45, 2.75) is 38.6 Å². The van der Waals surface area contributed by atoms with E-state index in [0.29, 0.717) is 5.92 Å². The summed E-state index contributed by atoms with van der Waals surface area (Å²) in [5.41, 5.74) is 8.27. The predicted octanol–water partition coefficient (Wildman–Crippen LogP) is 2.84. The number of benzene rings is 1. The first-order valence-electron chi connectivity index (χ1n) is 6.30. The van der Waals surface area contributed by atoms with Gasteiger partial charge in [0.2, 0.25) is 5.91 Å². The quantitative estimate of drug-likeness (QED) is 0.842. The van der Waals surface area contributed by atoms with Crippen LogP contribution in [-0.2, 0) is 4.79 Å². The van der Waals surface area contributed by atoms with Crippen LogP contribution in [0.1, 0.15) is 44.2 Å². The molecule has 0 spiro atoms. The first-order chi connectivity index (χ1) is 8.16. The summed E-state index contributed by atoms with van der Waals surface area (Å²) in [6, 6.07) is 8.03. The molecule has 0 radical (unpaired) electrons. The summed E-state index contributed by atoms with van der Waals surface area (Å²) in [6.45, 7) is 1.51. The molecule has 1 aliphatic rings. The molecule has 1 aromatic carbocycles. The van der Waals surface area contributed by atoms with E-state index < -0.39 is 0 Å². The lowest BCUT2D eigenvalue weighted by atomic mass is 9.92. The van der Waals surface area contributed by atoms with E-state index in [1.54, 1.807) is 0 Å². The van der Waals surface area contributed by atoms with Gasteiger partial charge in [0.1, 0.15) is 0 Å². The molecule has 1 amide bonds. The smallest absolute Gasteiger partial charge is 0.221 e. The minimum atomic E-state index is -0.0437. The minimum Gasteiger partial charge on any atom is -0.326 e. The van der Waals surface area contributed by atoms with Gasteiger partial charge in [0, 0.05) is 18.7 Å². The van der Waals surface area contributed by atoms with E-state index in [1.165, 1.54) is 38.2 Å². The first-order valence-corrected chi connectivity index (χ1v) is 6.30. The Morgan fingerprint density at radius 3 is 2.41 bits per heavy atom. The average Bonchev–Trinajstić information content (AvgIpc) is 2.82. The second kappa shape index (κ2) is 5.32. The van der Waals surface area contributed by atoms with E-state index in [4.69, 9.17) is 5.73 Å². The van der Waals surface area contributed by atoms with Crippen LogP contribution in [0.15, 0.2) is 24.3 Å². The molecule has 2 rings (SSSR count). The van der Waals surface area contributed by atoms with Gasteiger partial charge in [0.15, 0.2) is 0 Å². The molecule has 17 heavy (non-hydrogen) atoms. The van der Waals surface area contributed by atoms with Crippen LogP contribution in [0.4, 0.5) is 5.69 Å². The van der Waals surface area contributed by atoms with E-state index >= 15 is 0 Å². The summed E-state index contributed by atoms with van der Waals surface area (Å²) in [6.07, 6.45) is 5.11. The third kappa shape index (κ3) is 3.07. The molecule has 3 nitrogen and oxygen atoms in total. The molecule has 1 fully saturated rings. The summed E-state index contributed by atoms with van der Waals surface area (Å²) < 4.78 is 0. The Bertz CT molecular complexity index is 380. The second-order valence-electron chi connectivity index (χ2n) is 4.87. The standard InChI is InChI=1S/C14H20N2O/c1-10(17)16-13-8-6-12(7-9-13)14(15)11-4-2-3-5-11/h6-9,11,14H,2-5,15H2,1H3,(H,16,17)/t14-/m0/s1. The molecule has 1 atom stereocenters. The Hall–Kier alpha value is -1.35. The van der Waals surface area contributed by atoms with Crippen LogP contribution in [0, 0.1) is 5.92 Å². The maximum Gasteiger partial charge on any atom is 0.221 e. The number of nitrogens with one attached hydrogen (secondary N) is 1. The zero-order valence-electron chi connectivity index (χ0n) is 10.3. The van der Waals surface area contributed by atoms with Gasteiger partial charge in [-0.25, -0.2) is 0 Å². The largest absolute Gasteiger partial charge is 0.326 e. The normalized spacial score (nSPS) is 18.0. The number of amides is 1.